The smallest absolute Gasteiger partial charge is 0.0523 e. The quantitative estimate of drug-likeness (QED) is 0.434. The third-order valence-electron chi connectivity index (χ3n) is 0.846. The highest BCUT2D eigenvalue weighted by atomic mass is 15.1. The summed E-state index contributed by atoms with van der Waals surface area (Å²) in [4.78, 5) is 1.69. The van der Waals surface area contributed by atoms with E-state index in [1.54, 1.807) is 18.7 Å². The summed E-state index contributed by atoms with van der Waals surface area (Å²) < 4.78 is 0. The fraction of sp³-hybridized carbons (Fsp3) is 0.500. The predicted molar refractivity (Wildman–Crippen MR) is 42.7 cm³/mol. The van der Waals surface area contributed by atoms with Gasteiger partial charge in [-0.25, -0.2) is 0 Å². The van der Waals surface area contributed by atoms with Crippen molar-refractivity contribution in [2.45, 2.75) is 13.8 Å². The Hall–Kier alpha value is -1.12. The molecule has 0 unspecified atom stereocenters. The van der Waals surface area contributed by atoms with Crippen molar-refractivity contribution in [3.8, 4) is 23.9 Å². The van der Waals surface area contributed by atoms with Crippen LogP contribution in [-0.2, 0) is 0 Å². The van der Waals surface area contributed by atoms with Gasteiger partial charge in [-0.05, 0) is 13.8 Å². The van der Waals surface area contributed by atoms with Gasteiger partial charge in [0.25, 0.3) is 0 Å². The van der Waals surface area contributed by atoms with Gasteiger partial charge >= 0.3 is 0 Å². The lowest BCUT2D eigenvalue weighted by molar-refractivity contribution is 0.571. The first-order valence-corrected chi connectivity index (χ1v) is 3.17. The molecule has 0 heterocycles. The maximum absolute atomic E-state index is 5.31. The molecule has 0 bridgehead atoms. The van der Waals surface area contributed by atoms with Crippen LogP contribution in [0.4, 0.5) is 0 Å². The van der Waals surface area contributed by atoms with E-state index in [4.69, 9.17) is 5.73 Å². The second kappa shape index (κ2) is 6.01. The first kappa shape index (κ1) is 8.88. The van der Waals surface area contributed by atoms with Crippen LogP contribution in [0.1, 0.15) is 13.8 Å². The van der Waals surface area contributed by atoms with Gasteiger partial charge in [-0.3, -0.25) is 4.90 Å². The van der Waals surface area contributed by atoms with Crippen LogP contribution in [0, 0.1) is 23.9 Å². The summed E-state index contributed by atoms with van der Waals surface area (Å²) in [6, 6.07) is 5.63. The molecule has 10 heavy (non-hydrogen) atoms. The molecule has 2 heteroatoms. The van der Waals surface area contributed by atoms with Crippen molar-refractivity contribution in [1.29, 1.82) is 0 Å². The van der Waals surface area contributed by atoms with E-state index in [2.05, 4.69) is 23.9 Å². The monoisotopic (exact) mass is 136 g/mol. The summed E-state index contributed by atoms with van der Waals surface area (Å²) in [5.74, 6) is 5.51. The zero-order chi connectivity index (χ0) is 7.82. The van der Waals surface area contributed by atoms with Crippen LogP contribution < -0.4 is 5.73 Å². The van der Waals surface area contributed by atoms with E-state index < -0.39 is 0 Å². The SMILES string of the molecule is CC#CN(C#CC)CCN. The molecule has 0 saturated heterocycles. The fourth-order valence-corrected chi connectivity index (χ4v) is 0.539. The highest BCUT2D eigenvalue weighted by Crippen LogP contribution is 1.78. The lowest BCUT2D eigenvalue weighted by atomic mass is 10.5. The van der Waals surface area contributed by atoms with Crippen molar-refractivity contribution in [3.05, 3.63) is 0 Å². The van der Waals surface area contributed by atoms with Gasteiger partial charge in [0, 0.05) is 18.6 Å². The lowest BCUT2D eigenvalue weighted by Gasteiger charge is -2.05. The van der Waals surface area contributed by atoms with E-state index in [9.17, 15) is 0 Å². The Morgan fingerprint density at radius 1 is 1.20 bits per heavy atom. The van der Waals surface area contributed by atoms with Crippen molar-refractivity contribution in [1.82, 2.24) is 4.90 Å². The Balaban J connectivity index is 3.89. The van der Waals surface area contributed by atoms with E-state index in [0.29, 0.717) is 13.1 Å². The molecule has 0 aliphatic rings. The highest BCUT2D eigenvalue weighted by Gasteiger charge is 1.88. The summed E-state index contributed by atoms with van der Waals surface area (Å²) in [5.41, 5.74) is 5.31. The molecule has 0 aromatic heterocycles. The van der Waals surface area contributed by atoms with Crippen LogP contribution in [0.15, 0.2) is 0 Å². The summed E-state index contributed by atoms with van der Waals surface area (Å²) in [5, 5.41) is 0. The fourth-order valence-electron chi connectivity index (χ4n) is 0.539. The maximum atomic E-state index is 5.31. The summed E-state index contributed by atoms with van der Waals surface area (Å²) in [6.07, 6.45) is 0. The zero-order valence-electron chi connectivity index (χ0n) is 6.44. The Morgan fingerprint density at radius 3 is 2.00 bits per heavy atom. The third-order valence-corrected chi connectivity index (χ3v) is 0.846. The first-order chi connectivity index (χ1) is 4.85. The molecule has 0 rings (SSSR count). The van der Waals surface area contributed by atoms with E-state index in [-0.39, 0.29) is 0 Å². The van der Waals surface area contributed by atoms with Gasteiger partial charge in [0.15, 0.2) is 0 Å². The minimum absolute atomic E-state index is 0.587. The minimum atomic E-state index is 0.587. The predicted octanol–water partition coefficient (Wildman–Crippen LogP) is 0.209. The van der Waals surface area contributed by atoms with Crippen LogP contribution in [-0.4, -0.2) is 18.0 Å². The van der Waals surface area contributed by atoms with Gasteiger partial charge in [-0.2, -0.15) is 0 Å². The molecule has 2 nitrogen and oxygen atoms in total. The number of rotatable bonds is 2. The number of hydrogen-bond acceptors (Lipinski definition) is 2. The Labute approximate surface area is 62.4 Å². The molecule has 0 saturated carbocycles. The molecule has 0 amide bonds. The number of nitrogens with zero attached hydrogens (tertiary/aromatic N) is 1. The Morgan fingerprint density at radius 2 is 1.70 bits per heavy atom. The van der Waals surface area contributed by atoms with Crippen LogP contribution in [0.25, 0.3) is 0 Å². The van der Waals surface area contributed by atoms with Crippen LogP contribution in [0.5, 0.6) is 0 Å². The molecule has 0 fully saturated rings. The molecule has 0 aliphatic carbocycles. The van der Waals surface area contributed by atoms with Gasteiger partial charge in [0.05, 0.1) is 6.54 Å². The second-order valence-corrected chi connectivity index (χ2v) is 1.66. The standard InChI is InChI=1S/C8H12N2/c1-3-6-10(7-4-2)8-5-9/h5,8-9H2,1-2H3. The summed E-state index contributed by atoms with van der Waals surface area (Å²) >= 11 is 0. The number of hydrogen-bond donors (Lipinski definition) is 1. The van der Waals surface area contributed by atoms with Crippen molar-refractivity contribution >= 4 is 0 Å². The summed E-state index contributed by atoms with van der Waals surface area (Å²) in [6.45, 7) is 4.85. The zero-order valence-corrected chi connectivity index (χ0v) is 6.44. The van der Waals surface area contributed by atoms with Gasteiger partial charge in [-0.1, -0.05) is 11.8 Å². The van der Waals surface area contributed by atoms with Crippen molar-refractivity contribution in [2.24, 2.45) is 5.73 Å². The molecule has 0 aromatic carbocycles. The van der Waals surface area contributed by atoms with Crippen molar-refractivity contribution in [3.63, 3.8) is 0 Å². The maximum Gasteiger partial charge on any atom is 0.0523 e. The molecule has 2 N–H and O–H groups in total. The van der Waals surface area contributed by atoms with E-state index in [1.165, 1.54) is 0 Å². The second-order valence-electron chi connectivity index (χ2n) is 1.66. The molecule has 0 aromatic rings. The van der Waals surface area contributed by atoms with Crippen molar-refractivity contribution in [2.75, 3.05) is 13.1 Å². The van der Waals surface area contributed by atoms with E-state index in [1.807, 2.05) is 0 Å². The third kappa shape index (κ3) is 3.83. The van der Waals surface area contributed by atoms with E-state index >= 15 is 0 Å². The highest BCUT2D eigenvalue weighted by molar-refractivity contribution is 5.07. The van der Waals surface area contributed by atoms with Gasteiger partial charge in [0.1, 0.15) is 0 Å². The number of nitrogens with two attached hydrogens (primary N) is 1. The molecular weight excluding hydrogens is 124 g/mol. The van der Waals surface area contributed by atoms with Crippen LogP contribution >= 0.6 is 0 Å². The molecule has 54 valence electrons. The topological polar surface area (TPSA) is 29.3 Å². The van der Waals surface area contributed by atoms with Crippen LogP contribution in [0.3, 0.4) is 0 Å². The Bertz CT molecular complexity index is 167. The normalized spacial score (nSPS) is 6.70. The molecule has 0 aliphatic heterocycles. The lowest BCUT2D eigenvalue weighted by Crippen LogP contribution is -2.20. The van der Waals surface area contributed by atoms with Gasteiger partial charge < -0.3 is 5.73 Å². The average molecular weight is 136 g/mol. The Kier molecular flexibility index (Phi) is 5.33. The average Bonchev–Trinajstić information content (AvgIpc) is 1.90. The molecule has 0 spiro atoms. The minimum Gasteiger partial charge on any atom is -0.329 e. The molecule has 0 atom stereocenters. The molecule has 0 radical (unpaired) electrons. The van der Waals surface area contributed by atoms with Gasteiger partial charge in [0.2, 0.25) is 0 Å². The molecular formula is C8H12N2. The summed E-state index contributed by atoms with van der Waals surface area (Å²) in [7, 11) is 0. The largest absolute Gasteiger partial charge is 0.329 e. The van der Waals surface area contributed by atoms with Crippen LogP contribution in [0.2, 0.25) is 0 Å². The first-order valence-electron chi connectivity index (χ1n) is 3.17. The van der Waals surface area contributed by atoms with E-state index in [0.717, 1.165) is 0 Å². The van der Waals surface area contributed by atoms with Crippen molar-refractivity contribution < 1.29 is 0 Å². The van der Waals surface area contributed by atoms with Gasteiger partial charge in [-0.15, -0.1) is 0 Å².